The minimum Gasteiger partial charge on any atom is -0.364 e. The first-order valence-corrected chi connectivity index (χ1v) is 5.59. The van der Waals surface area contributed by atoms with Gasteiger partial charge in [-0.3, -0.25) is 0 Å². The fraction of sp³-hybridized carbons (Fsp3) is 0. The van der Waals surface area contributed by atoms with E-state index in [1.807, 2.05) is 30.3 Å². The number of nitro groups is 1. The van der Waals surface area contributed by atoms with Gasteiger partial charge in [-0.2, -0.15) is 10.2 Å². The quantitative estimate of drug-likeness (QED) is 0.311. The molecule has 1 heterocycles. The van der Waals surface area contributed by atoms with Crippen LogP contribution in [0.4, 0.5) is 0 Å². The summed E-state index contributed by atoms with van der Waals surface area (Å²) in [5.74, 6) is -0.396. The average molecular weight is 274 g/mol. The van der Waals surface area contributed by atoms with E-state index in [4.69, 9.17) is 5.73 Å². The molecule has 0 aliphatic carbocycles. The van der Waals surface area contributed by atoms with E-state index in [1.54, 1.807) is 11.6 Å². The molecule has 102 valence electrons. The summed E-state index contributed by atoms with van der Waals surface area (Å²) in [5.41, 5.74) is 9.46. The Morgan fingerprint density at radius 1 is 1.45 bits per heavy atom. The molecule has 0 radical (unpaired) electrons. The lowest BCUT2D eigenvalue weighted by molar-refractivity contribution is -0.525. The summed E-state index contributed by atoms with van der Waals surface area (Å²) in [6.45, 7) is 0. The summed E-state index contributed by atoms with van der Waals surface area (Å²) >= 11 is 0. The maximum absolute atomic E-state index is 10.1. The zero-order valence-electron chi connectivity index (χ0n) is 10.3. The van der Waals surface area contributed by atoms with Crippen LogP contribution in [0.3, 0.4) is 0 Å². The van der Waals surface area contributed by atoms with E-state index in [-0.39, 0.29) is 0 Å². The number of nitrogens with one attached hydrogen (secondary N) is 3. The standard InChI is InChI=1S/C11H11N7O2/c12-11(17-18(19)20)16-14-7-9-6-13-15-10(9)8-4-2-1-3-5-8/h1-7H,(H,13,15)(H3,12,16,17)/p+1/b14-7+. The number of rotatable bonds is 4. The monoisotopic (exact) mass is 274 g/mol. The zero-order chi connectivity index (χ0) is 14.4. The molecular weight excluding hydrogens is 262 g/mol. The van der Waals surface area contributed by atoms with Crippen LogP contribution < -0.4 is 16.3 Å². The normalized spacial score (nSPS) is 11.7. The summed E-state index contributed by atoms with van der Waals surface area (Å²) in [4.78, 5) is 10.1. The van der Waals surface area contributed by atoms with Crippen molar-refractivity contribution in [1.29, 1.82) is 0 Å². The maximum Gasteiger partial charge on any atom is 0.275 e. The van der Waals surface area contributed by atoms with Crippen LogP contribution in [0.1, 0.15) is 5.56 Å². The van der Waals surface area contributed by atoms with Crippen molar-refractivity contribution >= 4 is 12.2 Å². The Morgan fingerprint density at radius 3 is 2.90 bits per heavy atom. The molecular formula is C11H12N7O2+. The lowest BCUT2D eigenvalue weighted by Gasteiger charge is -1.95. The second kappa shape index (κ2) is 6.09. The first kappa shape index (κ1) is 13.2. The van der Waals surface area contributed by atoms with Crippen molar-refractivity contribution in [1.82, 2.24) is 10.5 Å². The highest BCUT2D eigenvalue weighted by molar-refractivity contribution is 5.88. The Hall–Kier alpha value is -3.23. The Kier molecular flexibility index (Phi) is 4.02. The van der Waals surface area contributed by atoms with Gasteiger partial charge in [-0.05, 0) is 0 Å². The molecule has 9 heteroatoms. The number of hydrazine groups is 1. The number of hydrogen-bond acceptors (Lipinski definition) is 4. The summed E-state index contributed by atoms with van der Waals surface area (Å²) in [6, 6.07) is 9.60. The van der Waals surface area contributed by atoms with Crippen molar-refractivity contribution in [2.75, 3.05) is 0 Å². The maximum atomic E-state index is 10.1. The van der Waals surface area contributed by atoms with Gasteiger partial charge in [-0.25, -0.2) is 10.1 Å². The van der Waals surface area contributed by atoms with E-state index >= 15 is 0 Å². The Balaban J connectivity index is 2.16. The number of nitrogens with two attached hydrogens (primary N) is 1. The molecule has 0 saturated carbocycles. The molecule has 5 N–H and O–H groups in total. The number of nitrogens with zero attached hydrogens (tertiary/aromatic N) is 3. The molecule has 1 aromatic heterocycles. The molecule has 1 aromatic carbocycles. The molecule has 2 rings (SSSR count). The van der Waals surface area contributed by atoms with Crippen molar-refractivity contribution in [2.45, 2.75) is 0 Å². The van der Waals surface area contributed by atoms with Gasteiger partial charge in [0.15, 0.2) is 5.03 Å². The van der Waals surface area contributed by atoms with Crippen LogP contribution >= 0.6 is 0 Å². The molecule has 0 saturated heterocycles. The number of benzene rings is 1. The van der Waals surface area contributed by atoms with Gasteiger partial charge in [0.1, 0.15) is 5.69 Å². The van der Waals surface area contributed by atoms with E-state index in [1.165, 1.54) is 6.21 Å². The van der Waals surface area contributed by atoms with Crippen LogP contribution in [-0.2, 0) is 0 Å². The lowest BCUT2D eigenvalue weighted by Crippen LogP contribution is -2.35. The molecule has 20 heavy (non-hydrogen) atoms. The lowest BCUT2D eigenvalue weighted by atomic mass is 10.1. The summed E-state index contributed by atoms with van der Waals surface area (Å²) in [7, 11) is 0. The highest BCUT2D eigenvalue weighted by Crippen LogP contribution is 2.17. The minimum atomic E-state index is -0.812. The Morgan fingerprint density at radius 2 is 2.20 bits per heavy atom. The highest BCUT2D eigenvalue weighted by atomic mass is 16.7. The van der Waals surface area contributed by atoms with Gasteiger partial charge in [0.2, 0.25) is 6.20 Å². The van der Waals surface area contributed by atoms with Crippen LogP contribution in [0.5, 0.6) is 0 Å². The third-order valence-electron chi connectivity index (χ3n) is 2.34. The molecule has 0 bridgehead atoms. The van der Waals surface area contributed by atoms with Crippen LogP contribution in [0.2, 0.25) is 0 Å². The zero-order valence-corrected chi connectivity index (χ0v) is 10.3. The van der Waals surface area contributed by atoms with Crippen molar-refractivity contribution in [3.8, 4) is 11.3 Å². The topological polar surface area (TPSA) is 136 Å². The van der Waals surface area contributed by atoms with Crippen LogP contribution in [0.15, 0.2) is 46.7 Å². The van der Waals surface area contributed by atoms with Crippen LogP contribution in [-0.4, -0.2) is 22.3 Å². The summed E-state index contributed by atoms with van der Waals surface area (Å²) < 4.78 is 0. The largest absolute Gasteiger partial charge is 0.364 e. The van der Waals surface area contributed by atoms with Crippen LogP contribution in [0, 0.1) is 10.1 Å². The average Bonchev–Trinajstić information content (AvgIpc) is 2.87. The van der Waals surface area contributed by atoms with E-state index in [0.717, 1.165) is 16.8 Å². The van der Waals surface area contributed by atoms with Gasteiger partial charge in [0.25, 0.3) is 5.96 Å². The first-order valence-electron chi connectivity index (χ1n) is 5.59. The Labute approximate surface area is 113 Å². The number of aromatic nitrogens is 2. The summed E-state index contributed by atoms with van der Waals surface area (Å²) in [6.07, 6.45) is 3.13. The number of hydrogen-bond donors (Lipinski definition) is 3. The van der Waals surface area contributed by atoms with Gasteiger partial charge in [-0.1, -0.05) is 35.8 Å². The molecule has 0 amide bonds. The van der Waals surface area contributed by atoms with Gasteiger partial charge >= 0.3 is 0 Å². The molecule has 0 aliphatic heterocycles. The van der Waals surface area contributed by atoms with Crippen molar-refractivity contribution in [3.63, 3.8) is 0 Å². The molecule has 0 unspecified atom stereocenters. The molecule has 0 aliphatic rings. The third-order valence-corrected chi connectivity index (χ3v) is 2.34. The van der Waals surface area contributed by atoms with Crippen LogP contribution in [0.25, 0.3) is 11.3 Å². The fourth-order valence-corrected chi connectivity index (χ4v) is 1.54. The number of guanidine groups is 1. The molecule has 2 aromatic rings. The van der Waals surface area contributed by atoms with Crippen molar-refractivity contribution < 1.29 is 10.1 Å². The molecule has 9 nitrogen and oxygen atoms in total. The predicted molar refractivity (Wildman–Crippen MR) is 72.1 cm³/mol. The molecule has 0 atom stereocenters. The van der Waals surface area contributed by atoms with Crippen molar-refractivity contribution in [3.05, 3.63) is 52.2 Å². The first-order chi connectivity index (χ1) is 9.66. The smallest absolute Gasteiger partial charge is 0.275 e. The predicted octanol–water partition coefficient (Wildman–Crippen LogP) is -0.0743. The second-order valence-corrected chi connectivity index (χ2v) is 3.71. The van der Waals surface area contributed by atoms with Gasteiger partial charge in [0.05, 0.1) is 11.8 Å². The van der Waals surface area contributed by atoms with E-state index in [0.29, 0.717) is 0 Å². The highest BCUT2D eigenvalue weighted by Gasteiger charge is 2.08. The second-order valence-electron chi connectivity index (χ2n) is 3.71. The molecule has 0 spiro atoms. The van der Waals surface area contributed by atoms with Gasteiger partial charge < -0.3 is 5.73 Å². The van der Waals surface area contributed by atoms with E-state index < -0.39 is 11.0 Å². The minimum absolute atomic E-state index is 0.396. The van der Waals surface area contributed by atoms with Gasteiger partial charge in [0, 0.05) is 5.56 Å². The third kappa shape index (κ3) is 3.38. The SMILES string of the molecule is NC(=N/N=C/c1c[nH+][nH]c1-c1ccccc1)N[N+](=O)[O-]. The number of aromatic amines is 2. The fourth-order valence-electron chi connectivity index (χ4n) is 1.54. The van der Waals surface area contributed by atoms with Crippen molar-refractivity contribution in [2.24, 2.45) is 15.9 Å². The number of H-pyrrole nitrogens is 2. The van der Waals surface area contributed by atoms with E-state index in [9.17, 15) is 10.1 Å². The van der Waals surface area contributed by atoms with E-state index in [2.05, 4.69) is 20.4 Å². The Bertz CT molecular complexity index is 648. The molecule has 0 fully saturated rings. The summed E-state index contributed by atoms with van der Waals surface area (Å²) in [5, 5.41) is 22.3. The van der Waals surface area contributed by atoms with Gasteiger partial charge in [-0.15, -0.1) is 10.2 Å².